The van der Waals surface area contributed by atoms with Crippen molar-refractivity contribution >= 4 is 17.7 Å². The number of nitrogens with zero attached hydrogens (tertiary/aromatic N) is 3. The number of methoxy groups -OCH3 is 1. The zero-order valence-corrected chi connectivity index (χ0v) is 16.5. The lowest BCUT2D eigenvalue weighted by Gasteiger charge is -2.33. The highest BCUT2D eigenvalue weighted by molar-refractivity contribution is 7.99. The highest BCUT2D eigenvalue weighted by Crippen LogP contribution is 2.27. The Kier molecular flexibility index (Phi) is 7.16. The number of thioether (sulfide) groups is 1. The quantitative estimate of drug-likeness (QED) is 0.706. The minimum absolute atomic E-state index is 0.205. The second-order valence-corrected chi connectivity index (χ2v) is 7.86. The summed E-state index contributed by atoms with van der Waals surface area (Å²) in [4.78, 5) is 19.1. The summed E-state index contributed by atoms with van der Waals surface area (Å²) in [5.74, 6) is 1.46. The Morgan fingerprint density at radius 2 is 2.00 bits per heavy atom. The van der Waals surface area contributed by atoms with Crippen LogP contribution in [0.25, 0.3) is 0 Å². The van der Waals surface area contributed by atoms with E-state index in [4.69, 9.17) is 4.74 Å². The standard InChI is InChI=1S/C18H31N3O2S/c1-13-6-8-16(9-7-13)20(4)17(22)12-24-18-19-14(2)15(3)21(18)10-11-23-5/h13,16H,6-12H2,1-5H3. The van der Waals surface area contributed by atoms with Gasteiger partial charge in [-0.15, -0.1) is 0 Å². The average Bonchev–Trinajstić information content (AvgIpc) is 2.85. The van der Waals surface area contributed by atoms with Crippen LogP contribution in [0.1, 0.15) is 44.0 Å². The lowest BCUT2D eigenvalue weighted by molar-refractivity contribution is -0.129. The van der Waals surface area contributed by atoms with Crippen molar-refractivity contribution in [2.45, 2.75) is 64.2 Å². The maximum Gasteiger partial charge on any atom is 0.233 e. The van der Waals surface area contributed by atoms with Gasteiger partial charge in [0.05, 0.1) is 18.1 Å². The second kappa shape index (κ2) is 8.90. The molecule has 0 N–H and O–H groups in total. The molecule has 0 saturated heterocycles. The predicted molar refractivity (Wildman–Crippen MR) is 98.5 cm³/mol. The molecule has 1 aliphatic rings. The van der Waals surface area contributed by atoms with Gasteiger partial charge in [-0.1, -0.05) is 18.7 Å². The molecule has 1 amide bonds. The Morgan fingerprint density at radius 1 is 1.33 bits per heavy atom. The van der Waals surface area contributed by atoms with Crippen LogP contribution in [0.4, 0.5) is 0 Å². The third kappa shape index (κ3) is 4.76. The van der Waals surface area contributed by atoms with Gasteiger partial charge in [0.1, 0.15) is 0 Å². The molecule has 0 atom stereocenters. The fourth-order valence-corrected chi connectivity index (χ4v) is 4.28. The smallest absolute Gasteiger partial charge is 0.233 e. The number of rotatable bonds is 7. The molecular formula is C18H31N3O2S. The summed E-state index contributed by atoms with van der Waals surface area (Å²) in [6, 6.07) is 0.408. The number of carbonyl (C=O) groups is 1. The van der Waals surface area contributed by atoms with Gasteiger partial charge in [0.2, 0.25) is 5.91 Å². The summed E-state index contributed by atoms with van der Waals surface area (Å²) in [5, 5.41) is 0.918. The summed E-state index contributed by atoms with van der Waals surface area (Å²) in [5.41, 5.74) is 2.17. The van der Waals surface area contributed by atoms with Gasteiger partial charge in [0, 0.05) is 32.4 Å². The van der Waals surface area contributed by atoms with Crippen LogP contribution < -0.4 is 0 Å². The summed E-state index contributed by atoms with van der Waals surface area (Å²) < 4.78 is 7.34. The third-order valence-corrected chi connectivity index (χ3v) is 6.15. The summed E-state index contributed by atoms with van der Waals surface area (Å²) in [7, 11) is 3.66. The van der Waals surface area contributed by atoms with Crippen LogP contribution in [0.3, 0.4) is 0 Å². The first-order valence-corrected chi connectivity index (χ1v) is 9.83. The molecule has 0 aliphatic heterocycles. The maximum absolute atomic E-state index is 12.6. The first-order chi connectivity index (χ1) is 11.4. The zero-order valence-electron chi connectivity index (χ0n) is 15.7. The van der Waals surface area contributed by atoms with Crippen LogP contribution in [0.15, 0.2) is 5.16 Å². The maximum atomic E-state index is 12.6. The number of amides is 1. The van der Waals surface area contributed by atoms with E-state index in [1.807, 2.05) is 18.9 Å². The van der Waals surface area contributed by atoms with E-state index in [0.29, 0.717) is 18.4 Å². The molecule has 24 heavy (non-hydrogen) atoms. The molecular weight excluding hydrogens is 322 g/mol. The number of hydrogen-bond donors (Lipinski definition) is 0. The van der Waals surface area contributed by atoms with E-state index in [0.717, 1.165) is 41.8 Å². The number of imidazole rings is 1. The minimum Gasteiger partial charge on any atom is -0.383 e. The number of aromatic nitrogens is 2. The van der Waals surface area contributed by atoms with E-state index in [-0.39, 0.29) is 5.91 Å². The molecule has 1 fully saturated rings. The molecule has 1 aromatic heterocycles. The third-order valence-electron chi connectivity index (χ3n) is 5.19. The number of hydrogen-bond acceptors (Lipinski definition) is 4. The lowest BCUT2D eigenvalue weighted by atomic mass is 9.87. The van der Waals surface area contributed by atoms with Crippen LogP contribution >= 0.6 is 11.8 Å². The Morgan fingerprint density at radius 3 is 2.62 bits per heavy atom. The van der Waals surface area contributed by atoms with Gasteiger partial charge >= 0.3 is 0 Å². The van der Waals surface area contributed by atoms with E-state index in [1.165, 1.54) is 24.6 Å². The Balaban J connectivity index is 1.92. The van der Waals surface area contributed by atoms with E-state index in [2.05, 4.69) is 23.4 Å². The molecule has 1 aromatic rings. The molecule has 0 unspecified atom stereocenters. The molecule has 0 aromatic carbocycles. The number of ether oxygens (including phenoxy) is 1. The first kappa shape index (κ1) is 19.3. The van der Waals surface area contributed by atoms with E-state index >= 15 is 0 Å². The molecule has 1 heterocycles. The molecule has 0 radical (unpaired) electrons. The molecule has 2 rings (SSSR count). The van der Waals surface area contributed by atoms with Gasteiger partial charge in [-0.3, -0.25) is 4.79 Å². The predicted octanol–water partition coefficient (Wildman–Crippen LogP) is 3.28. The molecule has 1 aliphatic carbocycles. The monoisotopic (exact) mass is 353 g/mol. The molecule has 0 bridgehead atoms. The van der Waals surface area contributed by atoms with Gasteiger partial charge < -0.3 is 14.2 Å². The number of aryl methyl sites for hydroxylation is 1. The fourth-order valence-electron chi connectivity index (χ4n) is 3.24. The van der Waals surface area contributed by atoms with Gasteiger partial charge in [0.15, 0.2) is 5.16 Å². The first-order valence-electron chi connectivity index (χ1n) is 8.85. The Hall–Kier alpha value is -1.01. The largest absolute Gasteiger partial charge is 0.383 e. The van der Waals surface area contributed by atoms with Gasteiger partial charge in [-0.05, 0) is 45.4 Å². The van der Waals surface area contributed by atoms with Crippen molar-refractivity contribution in [3.8, 4) is 0 Å². The van der Waals surface area contributed by atoms with E-state index < -0.39 is 0 Å². The SMILES string of the molecule is COCCn1c(SCC(=O)N(C)C2CCC(C)CC2)nc(C)c1C. The van der Waals surface area contributed by atoms with Crippen molar-refractivity contribution in [3.05, 3.63) is 11.4 Å². The molecule has 6 heteroatoms. The van der Waals surface area contributed by atoms with Crippen molar-refractivity contribution in [3.63, 3.8) is 0 Å². The molecule has 5 nitrogen and oxygen atoms in total. The molecule has 1 saturated carbocycles. The van der Waals surface area contributed by atoms with Crippen LogP contribution in [0.5, 0.6) is 0 Å². The van der Waals surface area contributed by atoms with E-state index in [1.54, 1.807) is 7.11 Å². The summed E-state index contributed by atoms with van der Waals surface area (Å²) in [6.45, 7) is 7.81. The van der Waals surface area contributed by atoms with Crippen molar-refractivity contribution in [2.75, 3.05) is 26.5 Å². The number of carbonyl (C=O) groups excluding carboxylic acids is 1. The topological polar surface area (TPSA) is 47.4 Å². The van der Waals surface area contributed by atoms with Crippen LogP contribution in [0, 0.1) is 19.8 Å². The molecule has 136 valence electrons. The zero-order chi connectivity index (χ0) is 17.7. The molecule has 0 spiro atoms. The average molecular weight is 354 g/mol. The van der Waals surface area contributed by atoms with Crippen LogP contribution in [0.2, 0.25) is 0 Å². The van der Waals surface area contributed by atoms with Crippen molar-refractivity contribution in [1.29, 1.82) is 0 Å². The van der Waals surface area contributed by atoms with Crippen molar-refractivity contribution in [2.24, 2.45) is 5.92 Å². The van der Waals surface area contributed by atoms with E-state index in [9.17, 15) is 4.79 Å². The van der Waals surface area contributed by atoms with Crippen molar-refractivity contribution < 1.29 is 9.53 Å². The van der Waals surface area contributed by atoms with Crippen molar-refractivity contribution in [1.82, 2.24) is 14.5 Å². The van der Waals surface area contributed by atoms with Crippen LogP contribution in [-0.2, 0) is 16.1 Å². The summed E-state index contributed by atoms with van der Waals surface area (Å²) in [6.07, 6.45) is 4.73. The highest BCUT2D eigenvalue weighted by atomic mass is 32.2. The Labute approximate surface area is 150 Å². The van der Waals surface area contributed by atoms with Gasteiger partial charge in [-0.2, -0.15) is 0 Å². The normalized spacial score (nSPS) is 21.0. The van der Waals surface area contributed by atoms with Crippen LogP contribution in [-0.4, -0.2) is 52.9 Å². The van der Waals surface area contributed by atoms with Gasteiger partial charge in [-0.25, -0.2) is 4.98 Å². The Bertz CT molecular complexity index is 551. The summed E-state index contributed by atoms with van der Waals surface area (Å²) >= 11 is 1.54. The van der Waals surface area contributed by atoms with Gasteiger partial charge in [0.25, 0.3) is 0 Å². The lowest BCUT2D eigenvalue weighted by Crippen LogP contribution is -2.40. The minimum atomic E-state index is 0.205. The fraction of sp³-hybridized carbons (Fsp3) is 0.778. The second-order valence-electron chi connectivity index (χ2n) is 6.92. The highest BCUT2D eigenvalue weighted by Gasteiger charge is 2.25.